The van der Waals surface area contributed by atoms with Gasteiger partial charge in [0.05, 0.1) is 12.3 Å². The van der Waals surface area contributed by atoms with Gasteiger partial charge < -0.3 is 20.5 Å². The largest absolute Gasteiger partial charge is 0.481 e. The molecule has 1 atom stereocenters. The number of H-pyrrole nitrogens is 1. The molecule has 0 saturated carbocycles. The SMILES string of the molecule is CC(C)(CNCC(CC(=O)O)C(=O)O)c1ccc[nH]1. The number of nitrogens with one attached hydrogen (secondary N) is 2. The predicted octanol–water partition coefficient (Wildman–Crippen LogP) is 1.06. The lowest BCUT2D eigenvalue weighted by Crippen LogP contribution is -2.38. The molecule has 0 spiro atoms. The van der Waals surface area contributed by atoms with E-state index < -0.39 is 17.9 Å². The molecule has 0 bridgehead atoms. The molecule has 0 aromatic carbocycles. The Balaban J connectivity index is 2.48. The number of carbonyl (C=O) groups is 2. The molecule has 0 fully saturated rings. The quantitative estimate of drug-likeness (QED) is 0.564. The van der Waals surface area contributed by atoms with E-state index in [9.17, 15) is 9.59 Å². The van der Waals surface area contributed by atoms with Gasteiger partial charge in [-0.1, -0.05) is 13.8 Å². The summed E-state index contributed by atoms with van der Waals surface area (Å²) in [4.78, 5) is 24.6. The van der Waals surface area contributed by atoms with Crippen LogP contribution in [0.5, 0.6) is 0 Å². The van der Waals surface area contributed by atoms with Crippen LogP contribution in [0.3, 0.4) is 0 Å². The fraction of sp³-hybridized carbons (Fsp3) is 0.538. The highest BCUT2D eigenvalue weighted by molar-refractivity contribution is 5.77. The Morgan fingerprint density at radius 3 is 2.58 bits per heavy atom. The summed E-state index contributed by atoms with van der Waals surface area (Å²) < 4.78 is 0. The van der Waals surface area contributed by atoms with Crippen molar-refractivity contribution < 1.29 is 19.8 Å². The van der Waals surface area contributed by atoms with E-state index in [0.29, 0.717) is 6.54 Å². The van der Waals surface area contributed by atoms with E-state index >= 15 is 0 Å². The fourth-order valence-electron chi connectivity index (χ4n) is 1.86. The Kier molecular flexibility index (Phi) is 5.11. The molecule has 1 unspecified atom stereocenters. The molecule has 0 aliphatic heterocycles. The van der Waals surface area contributed by atoms with Crippen LogP contribution in [0.25, 0.3) is 0 Å². The van der Waals surface area contributed by atoms with Gasteiger partial charge in [-0.3, -0.25) is 9.59 Å². The zero-order valence-corrected chi connectivity index (χ0v) is 11.1. The number of hydrogen-bond acceptors (Lipinski definition) is 3. The highest BCUT2D eigenvalue weighted by Gasteiger charge is 2.24. The Bertz CT molecular complexity index is 426. The third-order valence-electron chi connectivity index (χ3n) is 3.06. The van der Waals surface area contributed by atoms with Crippen LogP contribution in [0.15, 0.2) is 18.3 Å². The molecule has 0 radical (unpaired) electrons. The summed E-state index contributed by atoms with van der Waals surface area (Å²) in [6.07, 6.45) is 1.47. The van der Waals surface area contributed by atoms with E-state index in [2.05, 4.69) is 10.3 Å². The second kappa shape index (κ2) is 6.38. The molecule has 6 nitrogen and oxygen atoms in total. The molecule has 106 valence electrons. The summed E-state index contributed by atoms with van der Waals surface area (Å²) in [7, 11) is 0. The number of aromatic amines is 1. The van der Waals surface area contributed by atoms with Crippen molar-refractivity contribution in [1.29, 1.82) is 0 Å². The van der Waals surface area contributed by atoms with Crippen LogP contribution in [0.2, 0.25) is 0 Å². The lowest BCUT2D eigenvalue weighted by atomic mass is 9.89. The maximum Gasteiger partial charge on any atom is 0.308 e. The summed E-state index contributed by atoms with van der Waals surface area (Å²) in [6.45, 7) is 4.76. The van der Waals surface area contributed by atoms with E-state index in [1.54, 1.807) is 0 Å². The van der Waals surface area contributed by atoms with Crippen molar-refractivity contribution in [3.8, 4) is 0 Å². The summed E-state index contributed by atoms with van der Waals surface area (Å²) >= 11 is 0. The first-order valence-electron chi connectivity index (χ1n) is 6.12. The minimum atomic E-state index is -1.10. The first kappa shape index (κ1) is 15.2. The summed E-state index contributed by atoms with van der Waals surface area (Å²) in [5.41, 5.74) is 0.876. The van der Waals surface area contributed by atoms with Gasteiger partial charge in [0.15, 0.2) is 0 Å². The van der Waals surface area contributed by atoms with E-state index in [1.807, 2.05) is 32.2 Å². The molecule has 4 N–H and O–H groups in total. The number of carboxylic acids is 2. The van der Waals surface area contributed by atoms with Gasteiger partial charge in [-0.2, -0.15) is 0 Å². The van der Waals surface area contributed by atoms with Gasteiger partial charge in [-0.05, 0) is 12.1 Å². The van der Waals surface area contributed by atoms with Crippen molar-refractivity contribution in [1.82, 2.24) is 10.3 Å². The molecule has 1 heterocycles. The summed E-state index contributed by atoms with van der Waals surface area (Å²) in [5, 5.41) is 20.6. The van der Waals surface area contributed by atoms with Gasteiger partial charge in [0.2, 0.25) is 0 Å². The smallest absolute Gasteiger partial charge is 0.308 e. The predicted molar refractivity (Wildman–Crippen MR) is 70.1 cm³/mol. The second-order valence-corrected chi connectivity index (χ2v) is 5.23. The fourth-order valence-corrected chi connectivity index (χ4v) is 1.86. The van der Waals surface area contributed by atoms with Crippen molar-refractivity contribution in [2.45, 2.75) is 25.7 Å². The van der Waals surface area contributed by atoms with Crippen molar-refractivity contribution in [3.63, 3.8) is 0 Å². The second-order valence-electron chi connectivity index (χ2n) is 5.23. The highest BCUT2D eigenvalue weighted by Crippen LogP contribution is 2.20. The van der Waals surface area contributed by atoms with E-state index in [-0.39, 0.29) is 18.4 Å². The monoisotopic (exact) mass is 268 g/mol. The molecule has 1 aromatic heterocycles. The molecule has 6 heteroatoms. The number of rotatable bonds is 8. The minimum absolute atomic E-state index is 0.145. The van der Waals surface area contributed by atoms with Gasteiger partial charge in [-0.15, -0.1) is 0 Å². The third kappa shape index (κ3) is 4.75. The number of aromatic nitrogens is 1. The molecule has 0 aliphatic carbocycles. The van der Waals surface area contributed by atoms with Crippen LogP contribution in [0.4, 0.5) is 0 Å². The third-order valence-corrected chi connectivity index (χ3v) is 3.06. The van der Waals surface area contributed by atoms with Gasteiger partial charge in [0.1, 0.15) is 0 Å². The normalized spacial score (nSPS) is 13.2. The van der Waals surface area contributed by atoms with E-state index in [4.69, 9.17) is 10.2 Å². The van der Waals surface area contributed by atoms with Crippen molar-refractivity contribution in [2.75, 3.05) is 13.1 Å². The van der Waals surface area contributed by atoms with Crippen molar-refractivity contribution in [3.05, 3.63) is 24.0 Å². The van der Waals surface area contributed by atoms with Gasteiger partial charge in [0.25, 0.3) is 0 Å². The van der Waals surface area contributed by atoms with Crippen LogP contribution in [0.1, 0.15) is 26.0 Å². The molecule has 0 amide bonds. The summed E-state index contributed by atoms with van der Waals surface area (Å²) in [5.74, 6) is -3.10. The van der Waals surface area contributed by atoms with Gasteiger partial charge in [0, 0.05) is 30.4 Å². The Morgan fingerprint density at radius 2 is 2.11 bits per heavy atom. The minimum Gasteiger partial charge on any atom is -0.481 e. The first-order chi connectivity index (χ1) is 8.83. The molecular formula is C13H20N2O4. The Morgan fingerprint density at radius 1 is 1.42 bits per heavy atom. The lowest BCUT2D eigenvalue weighted by molar-refractivity contribution is -0.148. The van der Waals surface area contributed by atoms with E-state index in [0.717, 1.165) is 5.69 Å². The van der Waals surface area contributed by atoms with Crippen LogP contribution < -0.4 is 5.32 Å². The van der Waals surface area contributed by atoms with E-state index in [1.165, 1.54) is 0 Å². The molecular weight excluding hydrogens is 248 g/mol. The standard InChI is InChI=1S/C13H20N2O4/c1-13(2,10-4-3-5-15-10)8-14-7-9(12(18)19)6-11(16)17/h3-5,9,14-15H,6-8H2,1-2H3,(H,16,17)(H,18,19). The molecule has 1 aromatic rings. The average molecular weight is 268 g/mol. The number of aliphatic carboxylic acids is 2. The van der Waals surface area contributed by atoms with Crippen LogP contribution >= 0.6 is 0 Å². The van der Waals surface area contributed by atoms with Crippen molar-refractivity contribution >= 4 is 11.9 Å². The Hall–Kier alpha value is -1.82. The van der Waals surface area contributed by atoms with Crippen LogP contribution in [-0.2, 0) is 15.0 Å². The van der Waals surface area contributed by atoms with Crippen molar-refractivity contribution in [2.24, 2.45) is 5.92 Å². The van der Waals surface area contributed by atoms with Crippen LogP contribution in [-0.4, -0.2) is 40.2 Å². The van der Waals surface area contributed by atoms with Gasteiger partial charge in [-0.25, -0.2) is 0 Å². The topological polar surface area (TPSA) is 102 Å². The molecule has 1 rings (SSSR count). The highest BCUT2D eigenvalue weighted by atomic mass is 16.4. The number of hydrogen-bond donors (Lipinski definition) is 4. The summed E-state index contributed by atoms with van der Waals surface area (Å²) in [6, 6.07) is 3.87. The maximum absolute atomic E-state index is 10.9. The Labute approximate surface area is 111 Å². The molecule has 0 aliphatic rings. The molecule has 0 saturated heterocycles. The average Bonchev–Trinajstić information content (AvgIpc) is 2.80. The zero-order valence-electron chi connectivity index (χ0n) is 11.1. The lowest BCUT2D eigenvalue weighted by Gasteiger charge is -2.25. The first-order valence-corrected chi connectivity index (χ1v) is 6.12. The molecule has 19 heavy (non-hydrogen) atoms. The van der Waals surface area contributed by atoms with Crippen LogP contribution in [0, 0.1) is 5.92 Å². The zero-order chi connectivity index (χ0) is 14.5. The maximum atomic E-state index is 10.9. The van der Waals surface area contributed by atoms with Gasteiger partial charge >= 0.3 is 11.9 Å². The number of carboxylic acid groups (broad SMARTS) is 2.